The maximum atomic E-state index is 5.64. The van der Waals surface area contributed by atoms with Gasteiger partial charge in [0.15, 0.2) is 0 Å². The Hall–Kier alpha value is -0.300. The second-order valence-corrected chi connectivity index (χ2v) is 2.67. The van der Waals surface area contributed by atoms with Gasteiger partial charge in [-0.05, 0) is 18.8 Å². The minimum atomic E-state index is 0.332. The standard InChI is InChI=1S/C7H13N/c1-6-3-2-4-7(8)5-6/h2,4,6-7H,3,5,8H2,1H3. The lowest BCUT2D eigenvalue weighted by Gasteiger charge is -2.16. The van der Waals surface area contributed by atoms with Crippen molar-refractivity contribution in [3.8, 4) is 0 Å². The molecule has 0 aromatic carbocycles. The van der Waals surface area contributed by atoms with Crippen LogP contribution >= 0.6 is 0 Å². The molecule has 0 spiro atoms. The Bertz CT molecular complexity index is 96.6. The second kappa shape index (κ2) is 2.31. The molecule has 0 fully saturated rings. The van der Waals surface area contributed by atoms with Gasteiger partial charge in [-0.15, -0.1) is 0 Å². The summed E-state index contributed by atoms with van der Waals surface area (Å²) in [5, 5.41) is 0. The minimum absolute atomic E-state index is 0.332. The summed E-state index contributed by atoms with van der Waals surface area (Å²) < 4.78 is 0. The monoisotopic (exact) mass is 111 g/mol. The van der Waals surface area contributed by atoms with Crippen LogP contribution < -0.4 is 5.73 Å². The Morgan fingerprint density at radius 3 is 2.75 bits per heavy atom. The number of hydrogen-bond acceptors (Lipinski definition) is 1. The van der Waals surface area contributed by atoms with Crippen molar-refractivity contribution in [2.45, 2.75) is 25.8 Å². The van der Waals surface area contributed by atoms with E-state index in [-0.39, 0.29) is 0 Å². The topological polar surface area (TPSA) is 26.0 Å². The lowest BCUT2D eigenvalue weighted by molar-refractivity contribution is 0.487. The summed E-state index contributed by atoms with van der Waals surface area (Å²) in [5.74, 6) is 0.801. The SMILES string of the molecule is CC1CC=CC(N)C1. The fourth-order valence-electron chi connectivity index (χ4n) is 1.13. The van der Waals surface area contributed by atoms with Gasteiger partial charge < -0.3 is 5.73 Å². The highest BCUT2D eigenvalue weighted by molar-refractivity contribution is 4.97. The fourth-order valence-corrected chi connectivity index (χ4v) is 1.13. The van der Waals surface area contributed by atoms with Gasteiger partial charge in [0.25, 0.3) is 0 Å². The Labute approximate surface area is 50.6 Å². The van der Waals surface area contributed by atoms with Crippen LogP contribution in [0.1, 0.15) is 19.8 Å². The van der Waals surface area contributed by atoms with Gasteiger partial charge in [-0.25, -0.2) is 0 Å². The minimum Gasteiger partial charge on any atom is -0.324 e. The van der Waals surface area contributed by atoms with Crippen LogP contribution in [-0.4, -0.2) is 6.04 Å². The first-order valence-corrected chi connectivity index (χ1v) is 3.21. The molecule has 0 bridgehead atoms. The maximum absolute atomic E-state index is 5.64. The summed E-state index contributed by atoms with van der Waals surface area (Å²) in [6.45, 7) is 2.24. The Morgan fingerprint density at radius 1 is 1.62 bits per heavy atom. The number of nitrogens with two attached hydrogens (primary N) is 1. The van der Waals surface area contributed by atoms with Crippen molar-refractivity contribution in [2.75, 3.05) is 0 Å². The zero-order valence-corrected chi connectivity index (χ0v) is 5.30. The molecule has 0 saturated heterocycles. The first kappa shape index (κ1) is 5.83. The Kier molecular flexibility index (Phi) is 1.69. The smallest absolute Gasteiger partial charge is 0.0226 e. The van der Waals surface area contributed by atoms with E-state index in [1.165, 1.54) is 6.42 Å². The molecule has 1 aliphatic rings. The van der Waals surface area contributed by atoms with Crippen molar-refractivity contribution < 1.29 is 0 Å². The maximum Gasteiger partial charge on any atom is 0.0226 e. The Balaban J connectivity index is 2.42. The lowest BCUT2D eigenvalue weighted by Crippen LogP contribution is -2.22. The molecule has 1 nitrogen and oxygen atoms in total. The number of rotatable bonds is 0. The lowest BCUT2D eigenvalue weighted by atomic mass is 9.93. The quantitative estimate of drug-likeness (QED) is 0.468. The molecule has 1 rings (SSSR count). The molecule has 2 atom stereocenters. The van der Waals surface area contributed by atoms with Crippen molar-refractivity contribution in [3.05, 3.63) is 12.2 Å². The molecule has 0 heterocycles. The highest BCUT2D eigenvalue weighted by atomic mass is 14.6. The van der Waals surface area contributed by atoms with Crippen LogP contribution in [0.5, 0.6) is 0 Å². The molecule has 0 aromatic rings. The predicted octanol–water partition coefficient (Wildman–Crippen LogP) is 1.30. The average Bonchev–Trinajstić information content (AvgIpc) is 1.64. The molecular weight excluding hydrogens is 98.1 g/mol. The highest BCUT2D eigenvalue weighted by Gasteiger charge is 2.08. The van der Waals surface area contributed by atoms with Gasteiger partial charge in [0.2, 0.25) is 0 Å². The van der Waals surface area contributed by atoms with Gasteiger partial charge in [0.1, 0.15) is 0 Å². The molecule has 0 aliphatic heterocycles. The van der Waals surface area contributed by atoms with E-state index < -0.39 is 0 Å². The van der Waals surface area contributed by atoms with E-state index in [4.69, 9.17) is 5.73 Å². The van der Waals surface area contributed by atoms with E-state index in [2.05, 4.69) is 19.1 Å². The highest BCUT2D eigenvalue weighted by Crippen LogP contribution is 2.15. The van der Waals surface area contributed by atoms with Crippen molar-refractivity contribution >= 4 is 0 Å². The van der Waals surface area contributed by atoms with E-state index in [1.807, 2.05) is 0 Å². The van der Waals surface area contributed by atoms with Gasteiger partial charge in [-0.1, -0.05) is 19.1 Å². The van der Waals surface area contributed by atoms with Crippen LogP contribution in [0.4, 0.5) is 0 Å². The van der Waals surface area contributed by atoms with Crippen LogP contribution in [0.25, 0.3) is 0 Å². The molecule has 0 saturated carbocycles. The van der Waals surface area contributed by atoms with Crippen LogP contribution in [-0.2, 0) is 0 Å². The van der Waals surface area contributed by atoms with E-state index in [9.17, 15) is 0 Å². The van der Waals surface area contributed by atoms with Gasteiger partial charge in [-0.3, -0.25) is 0 Å². The third-order valence-corrected chi connectivity index (χ3v) is 1.60. The van der Waals surface area contributed by atoms with Crippen LogP contribution in [0.3, 0.4) is 0 Å². The first-order valence-electron chi connectivity index (χ1n) is 3.21. The van der Waals surface area contributed by atoms with Crippen LogP contribution in [0.2, 0.25) is 0 Å². The number of allylic oxidation sites excluding steroid dienone is 1. The summed E-state index contributed by atoms with van der Waals surface area (Å²) in [4.78, 5) is 0. The average molecular weight is 111 g/mol. The van der Waals surface area contributed by atoms with E-state index in [1.54, 1.807) is 0 Å². The first-order chi connectivity index (χ1) is 3.79. The molecule has 2 N–H and O–H groups in total. The summed E-state index contributed by atoms with van der Waals surface area (Å²) in [7, 11) is 0. The molecule has 8 heavy (non-hydrogen) atoms. The molecule has 0 aromatic heterocycles. The number of hydrogen-bond donors (Lipinski definition) is 1. The molecule has 2 unspecified atom stereocenters. The zero-order chi connectivity index (χ0) is 5.98. The van der Waals surface area contributed by atoms with Crippen LogP contribution in [0, 0.1) is 5.92 Å². The molecule has 0 amide bonds. The third-order valence-electron chi connectivity index (χ3n) is 1.60. The zero-order valence-electron chi connectivity index (χ0n) is 5.30. The summed E-state index contributed by atoms with van der Waals surface area (Å²) in [6.07, 6.45) is 6.66. The van der Waals surface area contributed by atoms with Gasteiger partial charge in [0, 0.05) is 6.04 Å². The van der Waals surface area contributed by atoms with Crippen molar-refractivity contribution in [2.24, 2.45) is 11.7 Å². The van der Waals surface area contributed by atoms with E-state index in [0.29, 0.717) is 6.04 Å². The summed E-state index contributed by atoms with van der Waals surface area (Å²) in [6, 6.07) is 0.332. The molecule has 1 aliphatic carbocycles. The van der Waals surface area contributed by atoms with E-state index >= 15 is 0 Å². The molecule has 1 heteroatoms. The largest absolute Gasteiger partial charge is 0.324 e. The normalized spacial score (nSPS) is 37.8. The van der Waals surface area contributed by atoms with Gasteiger partial charge in [0.05, 0.1) is 0 Å². The molecule has 46 valence electrons. The van der Waals surface area contributed by atoms with Gasteiger partial charge >= 0.3 is 0 Å². The predicted molar refractivity (Wildman–Crippen MR) is 35.5 cm³/mol. The third kappa shape index (κ3) is 1.34. The molecule has 0 radical (unpaired) electrons. The Morgan fingerprint density at radius 2 is 2.38 bits per heavy atom. The van der Waals surface area contributed by atoms with Crippen LogP contribution in [0.15, 0.2) is 12.2 Å². The van der Waals surface area contributed by atoms with Crippen molar-refractivity contribution in [1.29, 1.82) is 0 Å². The van der Waals surface area contributed by atoms with Crippen molar-refractivity contribution in [1.82, 2.24) is 0 Å². The van der Waals surface area contributed by atoms with Gasteiger partial charge in [-0.2, -0.15) is 0 Å². The second-order valence-electron chi connectivity index (χ2n) is 2.67. The van der Waals surface area contributed by atoms with Crippen molar-refractivity contribution in [3.63, 3.8) is 0 Å². The summed E-state index contributed by atoms with van der Waals surface area (Å²) >= 11 is 0. The summed E-state index contributed by atoms with van der Waals surface area (Å²) in [5.41, 5.74) is 5.64. The fraction of sp³-hybridized carbons (Fsp3) is 0.714. The van der Waals surface area contributed by atoms with E-state index in [0.717, 1.165) is 12.3 Å². The molecular formula is C7H13N.